The Balaban J connectivity index is 2.16. The highest BCUT2D eigenvalue weighted by molar-refractivity contribution is 5.91. The van der Waals surface area contributed by atoms with Gasteiger partial charge in [0.25, 0.3) is 0 Å². The van der Waals surface area contributed by atoms with Gasteiger partial charge in [-0.3, -0.25) is 0 Å². The first-order valence-corrected chi connectivity index (χ1v) is 7.03. The first kappa shape index (κ1) is 16.3. The number of ether oxygens (including phenoxy) is 2. The third kappa shape index (κ3) is 3.37. The lowest BCUT2D eigenvalue weighted by Crippen LogP contribution is -2.47. The molecule has 0 aliphatic heterocycles. The molecule has 1 amide bonds. The number of esters is 1. The van der Waals surface area contributed by atoms with Gasteiger partial charge in [0.2, 0.25) is 0 Å². The molecule has 0 unspecified atom stereocenters. The van der Waals surface area contributed by atoms with Gasteiger partial charge in [-0.25, -0.2) is 14.0 Å². The fraction of sp³-hybridized carbons (Fsp3) is 0.500. The third-order valence-corrected chi connectivity index (χ3v) is 3.51. The van der Waals surface area contributed by atoms with E-state index in [2.05, 4.69) is 5.32 Å². The van der Waals surface area contributed by atoms with Crippen LogP contribution >= 0.6 is 0 Å². The van der Waals surface area contributed by atoms with E-state index in [-0.39, 0.29) is 11.7 Å². The predicted octanol–water partition coefficient (Wildman–Crippen LogP) is 2.75. The van der Waals surface area contributed by atoms with Crippen molar-refractivity contribution in [1.29, 1.82) is 0 Å². The fourth-order valence-corrected chi connectivity index (χ4v) is 2.44. The number of hydrogen-bond donors (Lipinski definition) is 1. The zero-order valence-electron chi connectivity index (χ0n) is 13.1. The second-order valence-electron chi connectivity index (χ2n) is 6.40. The monoisotopic (exact) mass is 309 g/mol. The molecule has 1 fully saturated rings. The number of methoxy groups -OCH3 is 1. The average molecular weight is 309 g/mol. The van der Waals surface area contributed by atoms with Crippen LogP contribution in [0.5, 0.6) is 0 Å². The minimum absolute atomic E-state index is 0.256. The second kappa shape index (κ2) is 5.59. The van der Waals surface area contributed by atoms with Crippen molar-refractivity contribution in [3.05, 3.63) is 35.6 Å². The van der Waals surface area contributed by atoms with E-state index in [9.17, 15) is 14.0 Å². The molecule has 6 heteroatoms. The summed E-state index contributed by atoms with van der Waals surface area (Å²) < 4.78 is 23.0. The first-order valence-electron chi connectivity index (χ1n) is 7.03. The van der Waals surface area contributed by atoms with Crippen LogP contribution in [0.2, 0.25) is 0 Å². The second-order valence-corrected chi connectivity index (χ2v) is 6.40. The summed E-state index contributed by atoms with van der Waals surface area (Å²) in [4.78, 5) is 24.0. The standard InChI is InChI=1S/C16H20FNO4/c1-15(2,3)22-14(20)18-16(13(19)21-4)9-12(16)10-5-7-11(17)8-6-10/h5-8,12H,9H2,1-4H3,(H,18,20)/t12-,16-/m1/s1. The summed E-state index contributed by atoms with van der Waals surface area (Å²) in [6.45, 7) is 5.21. The van der Waals surface area contributed by atoms with Gasteiger partial charge >= 0.3 is 12.1 Å². The highest BCUT2D eigenvalue weighted by Crippen LogP contribution is 2.52. The molecule has 1 aliphatic rings. The van der Waals surface area contributed by atoms with E-state index in [4.69, 9.17) is 9.47 Å². The summed E-state index contributed by atoms with van der Waals surface area (Å²) in [5.41, 5.74) is -1.04. The molecule has 1 aromatic carbocycles. The molecular weight excluding hydrogens is 289 g/mol. The summed E-state index contributed by atoms with van der Waals surface area (Å²) in [7, 11) is 1.26. The van der Waals surface area contributed by atoms with E-state index in [1.54, 1.807) is 32.9 Å². The Morgan fingerprint density at radius 1 is 1.27 bits per heavy atom. The maximum absolute atomic E-state index is 13.0. The molecule has 0 radical (unpaired) electrons. The van der Waals surface area contributed by atoms with Crippen LogP contribution in [0.4, 0.5) is 9.18 Å². The van der Waals surface area contributed by atoms with Gasteiger partial charge in [-0.1, -0.05) is 12.1 Å². The van der Waals surface area contributed by atoms with Gasteiger partial charge in [0, 0.05) is 5.92 Å². The Kier molecular flexibility index (Phi) is 4.13. The molecule has 0 spiro atoms. The molecule has 0 saturated heterocycles. The molecule has 22 heavy (non-hydrogen) atoms. The Morgan fingerprint density at radius 3 is 2.36 bits per heavy atom. The van der Waals surface area contributed by atoms with E-state index in [1.807, 2.05) is 0 Å². The maximum Gasteiger partial charge on any atom is 0.408 e. The molecule has 0 heterocycles. The number of rotatable bonds is 3. The molecule has 5 nitrogen and oxygen atoms in total. The third-order valence-electron chi connectivity index (χ3n) is 3.51. The quantitative estimate of drug-likeness (QED) is 0.872. The minimum atomic E-state index is -1.14. The maximum atomic E-state index is 13.0. The van der Waals surface area contributed by atoms with E-state index < -0.39 is 23.2 Å². The Morgan fingerprint density at radius 2 is 1.86 bits per heavy atom. The van der Waals surface area contributed by atoms with Gasteiger partial charge in [0.05, 0.1) is 7.11 Å². The minimum Gasteiger partial charge on any atom is -0.467 e. The topological polar surface area (TPSA) is 64.6 Å². The van der Waals surface area contributed by atoms with Crippen LogP contribution in [-0.2, 0) is 14.3 Å². The number of amides is 1. The summed E-state index contributed by atoms with van der Waals surface area (Å²) in [5.74, 6) is -1.14. The highest BCUT2D eigenvalue weighted by atomic mass is 19.1. The predicted molar refractivity (Wildman–Crippen MR) is 77.9 cm³/mol. The average Bonchev–Trinajstić information content (AvgIpc) is 3.11. The number of hydrogen-bond acceptors (Lipinski definition) is 4. The molecule has 0 aromatic heterocycles. The van der Waals surface area contributed by atoms with Gasteiger partial charge in [0.1, 0.15) is 17.0 Å². The molecule has 1 saturated carbocycles. The van der Waals surface area contributed by atoms with Crippen molar-refractivity contribution in [1.82, 2.24) is 5.32 Å². The van der Waals surface area contributed by atoms with Crippen molar-refractivity contribution in [3.63, 3.8) is 0 Å². The summed E-state index contributed by atoms with van der Waals surface area (Å²) in [5, 5.41) is 2.61. The lowest BCUT2D eigenvalue weighted by Gasteiger charge is -2.23. The Hall–Kier alpha value is -2.11. The van der Waals surface area contributed by atoms with Crippen LogP contribution in [0.25, 0.3) is 0 Å². The van der Waals surface area contributed by atoms with Crippen LogP contribution in [0.1, 0.15) is 38.7 Å². The smallest absolute Gasteiger partial charge is 0.408 e. The summed E-state index contributed by atoms with van der Waals surface area (Å²) in [6.07, 6.45) is -0.285. The summed E-state index contributed by atoms with van der Waals surface area (Å²) in [6, 6.07) is 5.84. The van der Waals surface area contributed by atoms with Crippen LogP contribution in [0.15, 0.2) is 24.3 Å². The number of alkyl carbamates (subject to hydrolysis) is 1. The van der Waals surface area contributed by atoms with Gasteiger partial charge in [-0.2, -0.15) is 0 Å². The molecule has 2 atom stereocenters. The van der Waals surface area contributed by atoms with E-state index in [1.165, 1.54) is 19.2 Å². The zero-order valence-corrected chi connectivity index (χ0v) is 13.1. The van der Waals surface area contributed by atoms with Crippen LogP contribution < -0.4 is 5.32 Å². The van der Waals surface area contributed by atoms with Crippen molar-refractivity contribution in [2.45, 2.75) is 44.2 Å². The Bertz CT molecular complexity index is 579. The molecule has 1 aromatic rings. The van der Waals surface area contributed by atoms with Gasteiger partial charge < -0.3 is 14.8 Å². The van der Waals surface area contributed by atoms with Crippen LogP contribution in [-0.4, -0.2) is 30.3 Å². The molecule has 1 aliphatic carbocycles. The van der Waals surface area contributed by atoms with E-state index in [0.29, 0.717) is 6.42 Å². The van der Waals surface area contributed by atoms with Crippen molar-refractivity contribution >= 4 is 12.1 Å². The lowest BCUT2D eigenvalue weighted by atomic mass is 10.1. The molecule has 120 valence electrons. The van der Waals surface area contributed by atoms with Crippen LogP contribution in [0, 0.1) is 5.82 Å². The number of nitrogens with one attached hydrogen (secondary N) is 1. The van der Waals surface area contributed by atoms with Crippen molar-refractivity contribution in [2.75, 3.05) is 7.11 Å². The number of carbonyl (C=O) groups excluding carboxylic acids is 2. The lowest BCUT2D eigenvalue weighted by molar-refractivity contribution is -0.144. The zero-order chi connectivity index (χ0) is 16.5. The van der Waals surface area contributed by atoms with Gasteiger partial charge in [-0.15, -0.1) is 0 Å². The largest absolute Gasteiger partial charge is 0.467 e. The van der Waals surface area contributed by atoms with Crippen molar-refractivity contribution in [3.8, 4) is 0 Å². The SMILES string of the molecule is COC(=O)[C@@]1(NC(=O)OC(C)(C)C)C[C@@H]1c1ccc(F)cc1. The first-order chi connectivity index (χ1) is 10.2. The van der Waals surface area contributed by atoms with Gasteiger partial charge in [0.15, 0.2) is 0 Å². The molecule has 2 rings (SSSR count). The molecule has 1 N–H and O–H groups in total. The highest BCUT2D eigenvalue weighted by Gasteiger charge is 2.63. The Labute approximate surface area is 128 Å². The number of carbonyl (C=O) groups is 2. The molecule has 0 bridgehead atoms. The number of halogens is 1. The van der Waals surface area contributed by atoms with Crippen molar-refractivity contribution < 1.29 is 23.5 Å². The fourth-order valence-electron chi connectivity index (χ4n) is 2.44. The van der Waals surface area contributed by atoms with E-state index >= 15 is 0 Å². The normalized spacial score (nSPS) is 23.6. The van der Waals surface area contributed by atoms with Crippen LogP contribution in [0.3, 0.4) is 0 Å². The number of benzene rings is 1. The summed E-state index contributed by atoms with van der Waals surface area (Å²) >= 11 is 0. The molecular formula is C16H20FNO4. The van der Waals surface area contributed by atoms with Gasteiger partial charge in [-0.05, 0) is 44.9 Å². The van der Waals surface area contributed by atoms with Crippen molar-refractivity contribution in [2.24, 2.45) is 0 Å². The van der Waals surface area contributed by atoms with E-state index in [0.717, 1.165) is 5.56 Å².